The minimum atomic E-state index is -4.29. The molecule has 0 saturated heterocycles. The molecule has 1 aliphatic carbocycles. The summed E-state index contributed by atoms with van der Waals surface area (Å²) in [4.78, 5) is 13.3. The van der Waals surface area contributed by atoms with E-state index in [1.807, 2.05) is 0 Å². The average Bonchev–Trinajstić information content (AvgIpc) is 3.12. The van der Waals surface area contributed by atoms with Crippen molar-refractivity contribution >= 4 is 17.5 Å². The third-order valence-corrected chi connectivity index (χ3v) is 3.64. The second-order valence-electron chi connectivity index (χ2n) is 4.82. The van der Waals surface area contributed by atoms with Crippen LogP contribution in [0.25, 0.3) is 0 Å². The van der Waals surface area contributed by atoms with Crippen LogP contribution >= 0.6 is 11.6 Å². The zero-order chi connectivity index (χ0) is 14.9. The first kappa shape index (κ1) is 15.2. The van der Waals surface area contributed by atoms with Crippen molar-refractivity contribution in [2.45, 2.75) is 38.3 Å². The zero-order valence-electron chi connectivity index (χ0n) is 10.9. The van der Waals surface area contributed by atoms with Crippen molar-refractivity contribution in [1.82, 2.24) is 15.1 Å². The number of halogens is 4. The Hall–Kier alpha value is -1.24. The van der Waals surface area contributed by atoms with Crippen molar-refractivity contribution < 1.29 is 18.0 Å². The van der Waals surface area contributed by atoms with Crippen LogP contribution < -0.4 is 0 Å². The second-order valence-corrected chi connectivity index (χ2v) is 5.20. The number of carbonyl (C=O) groups excluding carboxylic acids is 1. The summed E-state index contributed by atoms with van der Waals surface area (Å²) in [5.41, 5.74) is 0.722. The van der Waals surface area contributed by atoms with Gasteiger partial charge in [0.1, 0.15) is 0 Å². The Morgan fingerprint density at radius 2 is 2.15 bits per heavy atom. The van der Waals surface area contributed by atoms with Gasteiger partial charge >= 0.3 is 6.18 Å². The van der Waals surface area contributed by atoms with E-state index in [0.717, 1.165) is 17.7 Å². The molecule has 0 spiro atoms. The lowest BCUT2D eigenvalue weighted by Crippen LogP contribution is -2.34. The van der Waals surface area contributed by atoms with Crippen molar-refractivity contribution in [2.75, 3.05) is 13.1 Å². The second kappa shape index (κ2) is 5.63. The van der Waals surface area contributed by atoms with E-state index in [9.17, 15) is 18.0 Å². The predicted molar refractivity (Wildman–Crippen MR) is 67.8 cm³/mol. The lowest BCUT2D eigenvalue weighted by Gasteiger charge is -2.20. The Balaban J connectivity index is 2.08. The van der Waals surface area contributed by atoms with Gasteiger partial charge in [0.15, 0.2) is 5.69 Å². The molecule has 8 heteroatoms. The first-order chi connectivity index (χ1) is 9.33. The smallest absolute Gasteiger partial charge is 0.337 e. The Labute approximate surface area is 119 Å². The quantitative estimate of drug-likeness (QED) is 0.906. The standard InChI is InChI=1S/C12H15ClF3N3O/c1-2-19(6-5-12(14,15)16)11(20)10-8(13)9(17-18-10)7-3-4-7/h7H,2-6H2,1H3,(H,17,18). The zero-order valence-corrected chi connectivity index (χ0v) is 11.7. The summed E-state index contributed by atoms with van der Waals surface area (Å²) in [6.45, 7) is 1.41. The molecule has 2 rings (SSSR count). The van der Waals surface area contributed by atoms with Gasteiger partial charge in [-0.25, -0.2) is 0 Å². The molecule has 1 aromatic rings. The first-order valence-electron chi connectivity index (χ1n) is 6.43. The molecule has 0 aromatic carbocycles. The maximum absolute atomic E-state index is 12.2. The third-order valence-electron chi connectivity index (χ3n) is 3.25. The van der Waals surface area contributed by atoms with Gasteiger partial charge in [0.25, 0.3) is 5.91 Å². The summed E-state index contributed by atoms with van der Waals surface area (Å²) in [5.74, 6) is -0.272. The van der Waals surface area contributed by atoms with E-state index in [1.165, 1.54) is 0 Å². The number of nitrogens with one attached hydrogen (secondary N) is 1. The monoisotopic (exact) mass is 309 g/mol. The lowest BCUT2D eigenvalue weighted by atomic mass is 10.2. The van der Waals surface area contributed by atoms with Gasteiger partial charge in [-0.15, -0.1) is 0 Å². The van der Waals surface area contributed by atoms with Crippen LogP contribution in [0.2, 0.25) is 5.02 Å². The third kappa shape index (κ3) is 3.45. The normalized spacial score (nSPS) is 15.4. The Morgan fingerprint density at radius 1 is 1.50 bits per heavy atom. The molecule has 0 aliphatic heterocycles. The van der Waals surface area contributed by atoms with E-state index < -0.39 is 18.5 Å². The summed E-state index contributed by atoms with van der Waals surface area (Å²) in [6.07, 6.45) is -3.35. The van der Waals surface area contributed by atoms with Crippen molar-refractivity contribution in [1.29, 1.82) is 0 Å². The summed E-state index contributed by atoms with van der Waals surface area (Å²) in [6, 6.07) is 0. The molecule has 1 heterocycles. The van der Waals surface area contributed by atoms with E-state index in [1.54, 1.807) is 6.92 Å². The molecule has 0 unspecified atom stereocenters. The van der Waals surface area contributed by atoms with Gasteiger partial charge in [0.05, 0.1) is 17.1 Å². The fourth-order valence-corrected chi connectivity index (χ4v) is 2.26. The number of nitrogens with zero attached hydrogens (tertiary/aromatic N) is 2. The average molecular weight is 310 g/mol. The molecule has 112 valence electrons. The summed E-state index contributed by atoms with van der Waals surface area (Å²) >= 11 is 6.08. The van der Waals surface area contributed by atoms with Gasteiger partial charge < -0.3 is 4.90 Å². The van der Waals surface area contributed by atoms with Crippen LogP contribution in [0.15, 0.2) is 0 Å². The molecule has 0 bridgehead atoms. The molecule has 1 saturated carbocycles. The highest BCUT2D eigenvalue weighted by atomic mass is 35.5. The van der Waals surface area contributed by atoms with Crippen molar-refractivity contribution in [3.05, 3.63) is 16.4 Å². The van der Waals surface area contributed by atoms with Gasteiger partial charge in [-0.3, -0.25) is 9.89 Å². The van der Waals surface area contributed by atoms with E-state index in [4.69, 9.17) is 11.6 Å². The molecule has 1 N–H and O–H groups in total. The number of aromatic amines is 1. The number of H-pyrrole nitrogens is 1. The van der Waals surface area contributed by atoms with E-state index in [2.05, 4.69) is 10.2 Å². The van der Waals surface area contributed by atoms with Crippen molar-refractivity contribution in [3.8, 4) is 0 Å². The Kier molecular flexibility index (Phi) is 4.27. The van der Waals surface area contributed by atoms with Gasteiger partial charge in [0.2, 0.25) is 0 Å². The highest BCUT2D eigenvalue weighted by Crippen LogP contribution is 2.42. The van der Waals surface area contributed by atoms with Gasteiger partial charge in [-0.1, -0.05) is 11.6 Å². The molecule has 1 aliphatic rings. The number of rotatable bonds is 5. The summed E-state index contributed by atoms with van der Waals surface area (Å²) in [7, 11) is 0. The van der Waals surface area contributed by atoms with Gasteiger partial charge in [-0.05, 0) is 19.8 Å². The maximum Gasteiger partial charge on any atom is 0.390 e. The van der Waals surface area contributed by atoms with Crippen molar-refractivity contribution in [2.24, 2.45) is 0 Å². The van der Waals surface area contributed by atoms with Gasteiger partial charge in [0, 0.05) is 19.0 Å². The number of alkyl halides is 3. The highest BCUT2D eigenvalue weighted by molar-refractivity contribution is 6.34. The molecule has 1 amide bonds. The summed E-state index contributed by atoms with van der Waals surface area (Å²) in [5, 5.41) is 6.82. The van der Waals surface area contributed by atoms with Crippen LogP contribution in [0.3, 0.4) is 0 Å². The Morgan fingerprint density at radius 3 is 2.65 bits per heavy atom. The van der Waals surface area contributed by atoms with E-state index >= 15 is 0 Å². The molecule has 20 heavy (non-hydrogen) atoms. The molecule has 0 radical (unpaired) electrons. The van der Waals surface area contributed by atoms with E-state index in [0.29, 0.717) is 11.6 Å². The topological polar surface area (TPSA) is 49.0 Å². The van der Waals surface area contributed by atoms with Crippen LogP contribution in [0.4, 0.5) is 13.2 Å². The molecule has 4 nitrogen and oxygen atoms in total. The number of aromatic nitrogens is 2. The molecule has 0 atom stereocenters. The fraction of sp³-hybridized carbons (Fsp3) is 0.667. The SMILES string of the molecule is CCN(CCC(F)(F)F)C(=O)c1n[nH]c(C2CC2)c1Cl. The molecular formula is C12H15ClF3N3O. The summed E-state index contributed by atoms with van der Waals surface area (Å²) < 4.78 is 36.7. The number of hydrogen-bond donors (Lipinski definition) is 1. The largest absolute Gasteiger partial charge is 0.390 e. The number of hydrogen-bond acceptors (Lipinski definition) is 2. The molecule has 1 fully saturated rings. The highest BCUT2D eigenvalue weighted by Gasteiger charge is 2.33. The Bertz CT molecular complexity index is 497. The number of carbonyl (C=O) groups is 1. The first-order valence-corrected chi connectivity index (χ1v) is 6.81. The fourth-order valence-electron chi connectivity index (χ4n) is 1.94. The van der Waals surface area contributed by atoms with Crippen LogP contribution in [0, 0.1) is 0 Å². The number of amides is 1. The van der Waals surface area contributed by atoms with Crippen LogP contribution in [0.1, 0.15) is 48.3 Å². The van der Waals surface area contributed by atoms with Gasteiger partial charge in [-0.2, -0.15) is 18.3 Å². The molecule has 1 aromatic heterocycles. The predicted octanol–water partition coefficient (Wildman–Crippen LogP) is 3.36. The molecular weight excluding hydrogens is 295 g/mol. The maximum atomic E-state index is 12.2. The van der Waals surface area contributed by atoms with E-state index in [-0.39, 0.29) is 23.8 Å². The van der Waals surface area contributed by atoms with Crippen LogP contribution in [-0.4, -0.2) is 40.3 Å². The lowest BCUT2D eigenvalue weighted by molar-refractivity contribution is -0.136. The minimum Gasteiger partial charge on any atom is -0.337 e. The minimum absolute atomic E-state index is 0.0117. The van der Waals surface area contributed by atoms with Crippen molar-refractivity contribution in [3.63, 3.8) is 0 Å². The van der Waals surface area contributed by atoms with Crippen LogP contribution in [0.5, 0.6) is 0 Å². The van der Waals surface area contributed by atoms with Crippen LogP contribution in [-0.2, 0) is 0 Å².